The summed E-state index contributed by atoms with van der Waals surface area (Å²) in [5, 5.41) is 3.17. The first-order valence-electron chi connectivity index (χ1n) is 6.86. The van der Waals surface area contributed by atoms with Crippen LogP contribution in [0.15, 0.2) is 24.3 Å². The van der Waals surface area contributed by atoms with Crippen molar-refractivity contribution in [1.82, 2.24) is 10.2 Å². The molecule has 0 spiro atoms. The van der Waals surface area contributed by atoms with Crippen LogP contribution < -0.4 is 10.2 Å². The topological polar surface area (TPSA) is 35.6 Å². The second-order valence-corrected chi connectivity index (χ2v) is 5.30. The average molecular weight is 298 g/mol. The molecule has 1 atom stereocenters. The maximum Gasteiger partial charge on any atom is 0.254 e. The number of carbonyl (C=O) groups excluding carboxylic acids is 1. The molecule has 20 heavy (non-hydrogen) atoms. The zero-order valence-electron chi connectivity index (χ0n) is 12.4. The number of likely N-dealkylation sites (tertiary alicyclic amines) is 1. The zero-order chi connectivity index (χ0) is 13.8. The third-order valence-electron chi connectivity index (χ3n) is 3.69. The third-order valence-corrected chi connectivity index (χ3v) is 3.69. The summed E-state index contributed by atoms with van der Waals surface area (Å²) in [6.45, 7) is 1.75. The van der Waals surface area contributed by atoms with Crippen LogP contribution in [0.25, 0.3) is 0 Å². The lowest BCUT2D eigenvalue weighted by Gasteiger charge is -2.25. The van der Waals surface area contributed by atoms with Crippen LogP contribution in [0.3, 0.4) is 0 Å². The van der Waals surface area contributed by atoms with Crippen LogP contribution in [-0.4, -0.2) is 51.1 Å². The fraction of sp³-hybridized carbons (Fsp3) is 0.533. The summed E-state index contributed by atoms with van der Waals surface area (Å²) >= 11 is 0. The number of hydrogen-bond donors (Lipinski definition) is 1. The number of likely N-dealkylation sites (N-methyl/N-ethyl adjacent to an activating group) is 1. The molecule has 0 saturated carbocycles. The summed E-state index contributed by atoms with van der Waals surface area (Å²) < 4.78 is 0. The molecule has 0 aliphatic carbocycles. The summed E-state index contributed by atoms with van der Waals surface area (Å²) in [6, 6.07) is 8.18. The summed E-state index contributed by atoms with van der Waals surface area (Å²) in [7, 11) is 5.92. The highest BCUT2D eigenvalue weighted by Gasteiger charge is 2.28. The Morgan fingerprint density at radius 1 is 1.45 bits per heavy atom. The Bertz CT molecular complexity index is 450. The van der Waals surface area contributed by atoms with Crippen molar-refractivity contribution in [2.45, 2.75) is 18.9 Å². The van der Waals surface area contributed by atoms with Crippen LogP contribution in [0.1, 0.15) is 23.2 Å². The van der Waals surface area contributed by atoms with E-state index in [1.54, 1.807) is 0 Å². The van der Waals surface area contributed by atoms with Crippen LogP contribution in [0.5, 0.6) is 0 Å². The van der Waals surface area contributed by atoms with Gasteiger partial charge in [0.1, 0.15) is 0 Å². The Hall–Kier alpha value is -1.26. The van der Waals surface area contributed by atoms with Crippen molar-refractivity contribution in [3.8, 4) is 0 Å². The van der Waals surface area contributed by atoms with Crippen LogP contribution in [-0.2, 0) is 0 Å². The molecule has 0 radical (unpaired) electrons. The summed E-state index contributed by atoms with van der Waals surface area (Å²) in [5.41, 5.74) is 1.85. The lowest BCUT2D eigenvalue weighted by Crippen LogP contribution is -2.40. The Morgan fingerprint density at radius 2 is 2.20 bits per heavy atom. The molecular formula is C15H24ClN3O. The molecule has 1 heterocycles. The summed E-state index contributed by atoms with van der Waals surface area (Å²) in [5.74, 6) is 0.154. The van der Waals surface area contributed by atoms with Gasteiger partial charge in [0.15, 0.2) is 0 Å². The number of benzene rings is 1. The lowest BCUT2D eigenvalue weighted by atomic mass is 10.1. The average Bonchev–Trinajstić information content (AvgIpc) is 2.86. The fourth-order valence-corrected chi connectivity index (χ4v) is 2.63. The summed E-state index contributed by atoms with van der Waals surface area (Å²) in [4.78, 5) is 16.6. The minimum Gasteiger partial charge on any atom is -0.378 e. The van der Waals surface area contributed by atoms with Gasteiger partial charge >= 0.3 is 0 Å². The predicted molar refractivity (Wildman–Crippen MR) is 86.0 cm³/mol. The minimum absolute atomic E-state index is 0. The largest absolute Gasteiger partial charge is 0.378 e. The van der Waals surface area contributed by atoms with Gasteiger partial charge in [-0.1, -0.05) is 6.07 Å². The van der Waals surface area contributed by atoms with E-state index in [0.717, 1.165) is 37.2 Å². The Balaban J connectivity index is 0.00000200. The van der Waals surface area contributed by atoms with Crippen molar-refractivity contribution < 1.29 is 4.79 Å². The van der Waals surface area contributed by atoms with E-state index < -0.39 is 0 Å². The molecule has 5 heteroatoms. The normalized spacial score (nSPS) is 17.8. The van der Waals surface area contributed by atoms with E-state index in [1.807, 2.05) is 55.2 Å². The molecule has 0 aromatic heterocycles. The predicted octanol–water partition coefficient (Wildman–Crippen LogP) is 2.00. The van der Waals surface area contributed by atoms with Crippen molar-refractivity contribution in [2.24, 2.45) is 0 Å². The molecule has 1 aromatic rings. The molecule has 0 bridgehead atoms. The van der Waals surface area contributed by atoms with E-state index >= 15 is 0 Å². The number of rotatable bonds is 4. The number of nitrogens with one attached hydrogen (secondary N) is 1. The van der Waals surface area contributed by atoms with Crippen LogP contribution in [0.2, 0.25) is 0 Å². The maximum atomic E-state index is 12.6. The Labute approximate surface area is 127 Å². The number of nitrogens with zero attached hydrogens (tertiary/aromatic N) is 2. The van der Waals surface area contributed by atoms with E-state index in [-0.39, 0.29) is 18.3 Å². The number of hydrogen-bond acceptors (Lipinski definition) is 3. The smallest absolute Gasteiger partial charge is 0.254 e. The monoisotopic (exact) mass is 297 g/mol. The van der Waals surface area contributed by atoms with Gasteiger partial charge in [-0.05, 0) is 38.1 Å². The second-order valence-electron chi connectivity index (χ2n) is 5.30. The highest BCUT2D eigenvalue weighted by molar-refractivity contribution is 5.95. The first-order chi connectivity index (χ1) is 9.13. The van der Waals surface area contributed by atoms with Crippen LogP contribution in [0.4, 0.5) is 5.69 Å². The van der Waals surface area contributed by atoms with Crippen molar-refractivity contribution >= 4 is 24.0 Å². The molecule has 1 saturated heterocycles. The van der Waals surface area contributed by atoms with Crippen molar-refractivity contribution in [3.05, 3.63) is 29.8 Å². The minimum atomic E-state index is 0. The van der Waals surface area contributed by atoms with E-state index in [4.69, 9.17) is 0 Å². The standard InChI is InChI=1S/C15H23N3O.ClH/c1-16-11-14-8-5-9-18(14)15(19)12-6-4-7-13(10-12)17(2)3;/h4,6-7,10,14,16H,5,8-9,11H2,1-3H3;1H. The zero-order valence-corrected chi connectivity index (χ0v) is 13.2. The molecule has 1 fully saturated rings. The first-order valence-corrected chi connectivity index (χ1v) is 6.86. The van der Waals surface area contributed by atoms with Gasteiger partial charge in [0.2, 0.25) is 0 Å². The van der Waals surface area contributed by atoms with E-state index in [9.17, 15) is 4.79 Å². The van der Waals surface area contributed by atoms with Crippen molar-refractivity contribution in [3.63, 3.8) is 0 Å². The van der Waals surface area contributed by atoms with Crippen LogP contribution in [0, 0.1) is 0 Å². The van der Waals surface area contributed by atoms with Crippen molar-refractivity contribution in [1.29, 1.82) is 0 Å². The molecule has 1 aliphatic heterocycles. The first kappa shape index (κ1) is 16.8. The maximum absolute atomic E-state index is 12.6. The second kappa shape index (κ2) is 7.50. The Kier molecular flexibility index (Phi) is 6.30. The van der Waals surface area contributed by atoms with Crippen molar-refractivity contribution in [2.75, 3.05) is 39.1 Å². The number of carbonyl (C=O) groups is 1. The third kappa shape index (κ3) is 3.64. The number of anilines is 1. The van der Waals surface area contributed by atoms with Gasteiger partial charge in [-0.3, -0.25) is 4.79 Å². The van der Waals surface area contributed by atoms with Gasteiger partial charge < -0.3 is 15.1 Å². The van der Waals surface area contributed by atoms with Gasteiger partial charge in [0.05, 0.1) is 0 Å². The molecule has 1 aromatic carbocycles. The highest BCUT2D eigenvalue weighted by Crippen LogP contribution is 2.21. The van der Waals surface area contributed by atoms with Gasteiger partial charge in [-0.25, -0.2) is 0 Å². The van der Waals surface area contributed by atoms with Gasteiger partial charge in [0.25, 0.3) is 5.91 Å². The number of amides is 1. The highest BCUT2D eigenvalue weighted by atomic mass is 35.5. The number of halogens is 1. The Morgan fingerprint density at radius 3 is 2.85 bits per heavy atom. The molecule has 4 nitrogen and oxygen atoms in total. The molecular weight excluding hydrogens is 274 g/mol. The van der Waals surface area contributed by atoms with Gasteiger partial charge in [0, 0.05) is 44.5 Å². The van der Waals surface area contributed by atoms with E-state index in [2.05, 4.69) is 5.32 Å². The van der Waals surface area contributed by atoms with E-state index in [1.165, 1.54) is 0 Å². The molecule has 1 amide bonds. The van der Waals surface area contributed by atoms with Crippen LogP contribution >= 0.6 is 12.4 Å². The fourth-order valence-electron chi connectivity index (χ4n) is 2.63. The lowest BCUT2D eigenvalue weighted by molar-refractivity contribution is 0.0737. The molecule has 2 rings (SSSR count). The molecule has 1 unspecified atom stereocenters. The van der Waals surface area contributed by atoms with Gasteiger partial charge in [-0.15, -0.1) is 12.4 Å². The summed E-state index contributed by atoms with van der Waals surface area (Å²) in [6.07, 6.45) is 2.20. The van der Waals surface area contributed by atoms with Gasteiger partial charge in [-0.2, -0.15) is 0 Å². The molecule has 112 valence electrons. The SMILES string of the molecule is CNCC1CCCN1C(=O)c1cccc(N(C)C)c1.Cl. The quantitative estimate of drug-likeness (QED) is 0.923. The van der Waals surface area contributed by atoms with E-state index in [0.29, 0.717) is 6.04 Å². The molecule has 1 N–H and O–H groups in total. The molecule has 1 aliphatic rings.